The van der Waals surface area contributed by atoms with Gasteiger partial charge in [0.1, 0.15) is 6.07 Å². The number of nitriles is 1. The van der Waals surface area contributed by atoms with Gasteiger partial charge in [0.05, 0.1) is 16.8 Å². The minimum absolute atomic E-state index is 0.336. The molecule has 0 saturated carbocycles. The van der Waals surface area contributed by atoms with E-state index in [0.29, 0.717) is 32.0 Å². The van der Waals surface area contributed by atoms with Crippen molar-refractivity contribution in [1.29, 1.82) is 5.26 Å². The first-order chi connectivity index (χ1) is 9.51. The van der Waals surface area contributed by atoms with Crippen molar-refractivity contribution in [1.82, 2.24) is 0 Å². The Kier molecular flexibility index (Phi) is 4.28. The Morgan fingerprint density at radius 2 is 2.05 bits per heavy atom. The predicted octanol–water partition coefficient (Wildman–Crippen LogP) is 3.81. The number of hydrogen-bond acceptors (Lipinski definition) is 3. The molecule has 4 nitrogen and oxygen atoms in total. The van der Waals surface area contributed by atoms with E-state index in [1.165, 1.54) is 6.07 Å². The summed E-state index contributed by atoms with van der Waals surface area (Å²) in [6.45, 7) is 0. The Morgan fingerprint density at radius 1 is 1.30 bits per heavy atom. The van der Waals surface area contributed by atoms with Crippen molar-refractivity contribution in [3.8, 4) is 6.07 Å². The number of nitrogens with two attached hydrogens (primary N) is 1. The quantitative estimate of drug-likeness (QED) is 0.808. The molecule has 0 spiro atoms. The Morgan fingerprint density at radius 3 is 2.75 bits per heavy atom. The summed E-state index contributed by atoms with van der Waals surface area (Å²) < 4.78 is 0.615. The Labute approximate surface area is 129 Å². The summed E-state index contributed by atoms with van der Waals surface area (Å²) in [6, 6.07) is 11.6. The highest BCUT2D eigenvalue weighted by atomic mass is 79.9. The number of nitrogen functional groups attached to an aromatic ring is 1. The number of anilines is 2. The van der Waals surface area contributed by atoms with Crippen molar-refractivity contribution in [3.05, 3.63) is 57.0 Å². The van der Waals surface area contributed by atoms with E-state index in [-0.39, 0.29) is 5.91 Å². The fraction of sp³-hybridized carbons (Fsp3) is 0. The predicted molar refractivity (Wildman–Crippen MR) is 82.7 cm³/mol. The molecular formula is C14H9BrClN3O. The van der Waals surface area contributed by atoms with Gasteiger partial charge >= 0.3 is 0 Å². The van der Waals surface area contributed by atoms with Crippen molar-refractivity contribution in [2.45, 2.75) is 0 Å². The lowest BCUT2D eigenvalue weighted by Gasteiger charge is -2.09. The molecule has 6 heteroatoms. The lowest BCUT2D eigenvalue weighted by molar-refractivity contribution is 0.102. The normalized spacial score (nSPS) is 9.85. The van der Waals surface area contributed by atoms with Gasteiger partial charge in [-0.3, -0.25) is 4.79 Å². The molecule has 0 aliphatic rings. The van der Waals surface area contributed by atoms with Crippen molar-refractivity contribution >= 4 is 44.8 Å². The molecule has 0 atom stereocenters. The van der Waals surface area contributed by atoms with Crippen LogP contribution < -0.4 is 11.1 Å². The first-order valence-electron chi connectivity index (χ1n) is 5.57. The van der Waals surface area contributed by atoms with Gasteiger partial charge in [-0.2, -0.15) is 5.26 Å². The summed E-state index contributed by atoms with van der Waals surface area (Å²) in [7, 11) is 0. The number of nitrogens with one attached hydrogen (secondary N) is 1. The average Bonchev–Trinajstić information content (AvgIpc) is 2.41. The molecule has 2 aromatic rings. The van der Waals surface area contributed by atoms with Gasteiger partial charge in [0, 0.05) is 15.2 Å². The highest BCUT2D eigenvalue weighted by Gasteiger charge is 2.13. The van der Waals surface area contributed by atoms with Crippen LogP contribution in [0, 0.1) is 11.3 Å². The number of nitrogens with zero attached hydrogens (tertiary/aromatic N) is 1. The fourth-order valence-corrected chi connectivity index (χ4v) is 2.22. The molecule has 0 radical (unpaired) electrons. The van der Waals surface area contributed by atoms with Crippen LogP contribution in [0.25, 0.3) is 0 Å². The van der Waals surface area contributed by atoms with E-state index in [2.05, 4.69) is 21.2 Å². The summed E-state index contributed by atoms with van der Waals surface area (Å²) in [6.07, 6.45) is 0. The highest BCUT2D eigenvalue weighted by Crippen LogP contribution is 2.24. The number of amides is 1. The van der Waals surface area contributed by atoms with E-state index >= 15 is 0 Å². The topological polar surface area (TPSA) is 78.9 Å². The fourth-order valence-electron chi connectivity index (χ4n) is 1.62. The second-order valence-electron chi connectivity index (χ2n) is 4.00. The zero-order chi connectivity index (χ0) is 14.7. The van der Waals surface area contributed by atoms with Gasteiger partial charge in [0.15, 0.2) is 0 Å². The number of carbonyl (C=O) groups excluding carboxylic acids is 1. The molecular weight excluding hydrogens is 342 g/mol. The number of benzene rings is 2. The monoisotopic (exact) mass is 349 g/mol. The number of carbonyl (C=O) groups is 1. The summed E-state index contributed by atoms with van der Waals surface area (Å²) in [5.41, 5.74) is 7.22. The molecule has 0 aliphatic heterocycles. The zero-order valence-electron chi connectivity index (χ0n) is 10.2. The van der Waals surface area contributed by atoms with Crippen molar-refractivity contribution in [2.75, 3.05) is 11.1 Å². The van der Waals surface area contributed by atoms with Gasteiger partial charge in [0.2, 0.25) is 0 Å². The van der Waals surface area contributed by atoms with Crippen LogP contribution in [0.2, 0.25) is 5.02 Å². The third kappa shape index (κ3) is 3.10. The summed E-state index contributed by atoms with van der Waals surface area (Å²) in [5.74, 6) is -0.372. The molecule has 2 aromatic carbocycles. The highest BCUT2D eigenvalue weighted by molar-refractivity contribution is 9.10. The van der Waals surface area contributed by atoms with Gasteiger partial charge in [-0.15, -0.1) is 0 Å². The largest absolute Gasteiger partial charge is 0.399 e. The lowest BCUT2D eigenvalue weighted by Crippen LogP contribution is -2.14. The molecule has 0 heterocycles. The summed E-state index contributed by atoms with van der Waals surface area (Å²) in [4.78, 5) is 12.2. The van der Waals surface area contributed by atoms with Crippen LogP contribution in [0.1, 0.15) is 15.9 Å². The van der Waals surface area contributed by atoms with E-state index in [9.17, 15) is 4.79 Å². The van der Waals surface area contributed by atoms with E-state index in [1.54, 1.807) is 30.3 Å². The van der Waals surface area contributed by atoms with Crippen molar-refractivity contribution < 1.29 is 4.79 Å². The minimum atomic E-state index is -0.372. The molecule has 2 rings (SSSR count). The maximum atomic E-state index is 12.2. The van der Waals surface area contributed by atoms with E-state index in [4.69, 9.17) is 22.6 Å². The van der Waals surface area contributed by atoms with E-state index in [1.807, 2.05) is 6.07 Å². The first-order valence-corrected chi connectivity index (χ1v) is 6.74. The summed E-state index contributed by atoms with van der Waals surface area (Å²) in [5, 5.41) is 12.1. The van der Waals surface area contributed by atoms with Crippen LogP contribution in [0.3, 0.4) is 0 Å². The Bertz CT molecular complexity index is 725. The maximum absolute atomic E-state index is 12.2. The third-order valence-corrected chi connectivity index (χ3v) is 3.51. The zero-order valence-corrected chi connectivity index (χ0v) is 12.5. The van der Waals surface area contributed by atoms with Crippen LogP contribution in [-0.2, 0) is 0 Å². The second kappa shape index (κ2) is 5.95. The van der Waals surface area contributed by atoms with Gasteiger partial charge in [-0.1, -0.05) is 11.6 Å². The molecule has 0 aromatic heterocycles. The van der Waals surface area contributed by atoms with Gasteiger partial charge in [-0.05, 0) is 52.3 Å². The molecule has 100 valence electrons. The van der Waals surface area contributed by atoms with Crippen LogP contribution in [0.5, 0.6) is 0 Å². The summed E-state index contributed by atoms with van der Waals surface area (Å²) >= 11 is 9.16. The molecule has 0 bridgehead atoms. The molecule has 20 heavy (non-hydrogen) atoms. The van der Waals surface area contributed by atoms with E-state index < -0.39 is 0 Å². The van der Waals surface area contributed by atoms with Crippen molar-refractivity contribution in [2.24, 2.45) is 0 Å². The Hall–Kier alpha value is -2.03. The van der Waals surface area contributed by atoms with Crippen molar-refractivity contribution in [3.63, 3.8) is 0 Å². The minimum Gasteiger partial charge on any atom is -0.399 e. The Balaban J connectivity index is 2.35. The third-order valence-electron chi connectivity index (χ3n) is 2.59. The SMILES string of the molecule is N#Cc1ccc(Cl)cc1NC(=O)c1cc(N)ccc1Br. The average molecular weight is 351 g/mol. The number of rotatable bonds is 2. The molecule has 0 unspecified atom stereocenters. The van der Waals surface area contributed by atoms with Crippen LogP contribution in [0.15, 0.2) is 40.9 Å². The first kappa shape index (κ1) is 14.4. The van der Waals surface area contributed by atoms with E-state index in [0.717, 1.165) is 0 Å². The number of halogens is 2. The van der Waals surface area contributed by atoms with Crippen LogP contribution in [-0.4, -0.2) is 5.91 Å². The second-order valence-corrected chi connectivity index (χ2v) is 5.29. The van der Waals surface area contributed by atoms with Crippen LogP contribution >= 0.6 is 27.5 Å². The number of hydrogen-bond donors (Lipinski definition) is 2. The lowest BCUT2D eigenvalue weighted by atomic mass is 10.1. The molecule has 0 aliphatic carbocycles. The standard InChI is InChI=1S/C14H9BrClN3O/c15-12-4-3-10(18)6-11(12)14(20)19-13-5-9(16)2-1-8(13)7-17/h1-6H,18H2,(H,19,20). The maximum Gasteiger partial charge on any atom is 0.256 e. The smallest absolute Gasteiger partial charge is 0.256 e. The molecule has 3 N–H and O–H groups in total. The molecule has 0 saturated heterocycles. The van der Waals surface area contributed by atoms with Gasteiger partial charge in [-0.25, -0.2) is 0 Å². The molecule has 0 fully saturated rings. The van der Waals surface area contributed by atoms with Gasteiger partial charge in [0.25, 0.3) is 5.91 Å². The molecule has 1 amide bonds. The van der Waals surface area contributed by atoms with Gasteiger partial charge < -0.3 is 11.1 Å². The van der Waals surface area contributed by atoms with Crippen LogP contribution in [0.4, 0.5) is 11.4 Å².